The molecule has 0 saturated carbocycles. The summed E-state index contributed by atoms with van der Waals surface area (Å²) in [6.45, 7) is 5.83. The van der Waals surface area contributed by atoms with Crippen molar-refractivity contribution in [1.82, 2.24) is 20.2 Å². The summed E-state index contributed by atoms with van der Waals surface area (Å²) in [6.07, 6.45) is 3.38. The lowest BCUT2D eigenvalue weighted by Crippen LogP contribution is -2.44. The van der Waals surface area contributed by atoms with Crippen LogP contribution in [0, 0.1) is 6.92 Å². The highest BCUT2D eigenvalue weighted by Crippen LogP contribution is 2.43. The monoisotopic (exact) mass is 509 g/mol. The van der Waals surface area contributed by atoms with Gasteiger partial charge in [0.1, 0.15) is 17.5 Å². The van der Waals surface area contributed by atoms with Gasteiger partial charge >= 0.3 is 0 Å². The van der Waals surface area contributed by atoms with Crippen molar-refractivity contribution in [1.29, 1.82) is 0 Å². The third-order valence-electron chi connectivity index (χ3n) is 6.39. The number of anilines is 1. The van der Waals surface area contributed by atoms with Crippen molar-refractivity contribution >= 4 is 40.3 Å². The molecule has 0 unspecified atom stereocenters. The van der Waals surface area contributed by atoms with Gasteiger partial charge in [-0.05, 0) is 37.1 Å². The summed E-state index contributed by atoms with van der Waals surface area (Å²) in [6, 6.07) is 6.81. The van der Waals surface area contributed by atoms with Crippen LogP contribution in [0.25, 0.3) is 22.0 Å². The molecule has 1 aromatic heterocycles. The second-order valence-corrected chi connectivity index (χ2v) is 8.84. The molecule has 9 nitrogen and oxygen atoms in total. The lowest BCUT2D eigenvalue weighted by molar-refractivity contribution is -0.134. The Bertz CT molecular complexity index is 1320. The van der Waals surface area contributed by atoms with Crippen molar-refractivity contribution in [2.24, 2.45) is 0 Å². The van der Waals surface area contributed by atoms with Crippen LogP contribution in [-0.2, 0) is 9.59 Å². The van der Waals surface area contributed by atoms with Crippen LogP contribution in [0.3, 0.4) is 0 Å². The Labute approximate surface area is 214 Å². The van der Waals surface area contributed by atoms with E-state index in [2.05, 4.69) is 27.2 Å². The molecular formula is C26H28ClN5O4. The van der Waals surface area contributed by atoms with E-state index in [0.29, 0.717) is 35.4 Å². The second-order valence-electron chi connectivity index (χ2n) is 8.46. The first-order chi connectivity index (χ1) is 17.3. The predicted molar refractivity (Wildman–Crippen MR) is 140 cm³/mol. The van der Waals surface area contributed by atoms with Crippen LogP contribution in [0.15, 0.2) is 43.1 Å². The number of halogens is 1. The van der Waals surface area contributed by atoms with Gasteiger partial charge in [-0.2, -0.15) is 0 Å². The molecule has 2 aromatic carbocycles. The lowest BCUT2D eigenvalue weighted by atomic mass is 9.98. The van der Waals surface area contributed by atoms with E-state index < -0.39 is 6.04 Å². The first-order valence-electron chi connectivity index (χ1n) is 11.4. The molecule has 2 atom stereocenters. The van der Waals surface area contributed by atoms with Crippen molar-refractivity contribution in [2.75, 3.05) is 33.1 Å². The number of likely N-dealkylation sites (N-methyl/N-ethyl adjacent to an activating group) is 1. The smallest absolute Gasteiger partial charge is 0.246 e. The number of hydrogen-bond acceptors (Lipinski definition) is 7. The molecule has 0 radical (unpaired) electrons. The Morgan fingerprint density at radius 1 is 1.22 bits per heavy atom. The van der Waals surface area contributed by atoms with Crippen molar-refractivity contribution < 1.29 is 19.1 Å². The van der Waals surface area contributed by atoms with Crippen LogP contribution >= 0.6 is 11.6 Å². The number of likely N-dealkylation sites (tertiary alicyclic amines) is 1. The molecule has 2 amide bonds. The van der Waals surface area contributed by atoms with Gasteiger partial charge < -0.3 is 25.0 Å². The molecular weight excluding hydrogens is 482 g/mol. The van der Waals surface area contributed by atoms with Crippen LogP contribution in [0.5, 0.6) is 11.5 Å². The van der Waals surface area contributed by atoms with Crippen molar-refractivity contribution in [3.63, 3.8) is 0 Å². The number of benzene rings is 2. The summed E-state index contributed by atoms with van der Waals surface area (Å²) >= 11 is 6.65. The second kappa shape index (κ2) is 10.4. The van der Waals surface area contributed by atoms with Crippen LogP contribution < -0.4 is 20.1 Å². The SMILES string of the molecule is C=CC(=O)N1C[C@@H](Nc2ncc3cc(-c4c(C)c(OC)cc(OC)c4Cl)ccc3n2)C[C@H]1C(=O)NC. The van der Waals surface area contributed by atoms with E-state index in [1.807, 2.05) is 25.1 Å². The summed E-state index contributed by atoms with van der Waals surface area (Å²) < 4.78 is 10.9. The normalized spacial score (nSPS) is 17.1. The van der Waals surface area contributed by atoms with E-state index in [-0.39, 0.29) is 17.9 Å². The number of carbonyl (C=O) groups excluding carboxylic acids is 2. The van der Waals surface area contributed by atoms with Crippen LogP contribution in [0.2, 0.25) is 5.02 Å². The van der Waals surface area contributed by atoms with Crippen molar-refractivity contribution in [3.8, 4) is 22.6 Å². The summed E-state index contributed by atoms with van der Waals surface area (Å²) in [5.74, 6) is 1.12. The quantitative estimate of drug-likeness (QED) is 0.469. The van der Waals surface area contributed by atoms with Gasteiger partial charge in [-0.1, -0.05) is 24.2 Å². The van der Waals surface area contributed by atoms with E-state index in [0.717, 1.165) is 27.6 Å². The van der Waals surface area contributed by atoms with Gasteiger partial charge in [0, 0.05) is 48.4 Å². The predicted octanol–water partition coefficient (Wildman–Crippen LogP) is 3.59. The largest absolute Gasteiger partial charge is 0.496 e. The van der Waals surface area contributed by atoms with Crippen LogP contribution in [-0.4, -0.2) is 66.6 Å². The number of methoxy groups -OCH3 is 2. The zero-order valence-electron chi connectivity index (χ0n) is 20.6. The van der Waals surface area contributed by atoms with Gasteiger partial charge in [0.25, 0.3) is 0 Å². The third-order valence-corrected chi connectivity index (χ3v) is 6.77. The van der Waals surface area contributed by atoms with Gasteiger partial charge in [-0.3, -0.25) is 9.59 Å². The Balaban J connectivity index is 1.61. The molecule has 36 heavy (non-hydrogen) atoms. The van der Waals surface area contributed by atoms with Crippen LogP contribution in [0.4, 0.5) is 5.95 Å². The molecule has 10 heteroatoms. The van der Waals surface area contributed by atoms with Crippen LogP contribution in [0.1, 0.15) is 12.0 Å². The molecule has 0 spiro atoms. The van der Waals surface area contributed by atoms with Gasteiger partial charge in [-0.15, -0.1) is 0 Å². The number of hydrogen-bond donors (Lipinski definition) is 2. The fourth-order valence-corrected chi connectivity index (χ4v) is 4.95. The molecule has 3 aromatic rings. The van der Waals surface area contributed by atoms with Gasteiger partial charge in [0.15, 0.2) is 0 Å². The summed E-state index contributed by atoms with van der Waals surface area (Å²) in [7, 11) is 4.73. The number of amides is 2. The summed E-state index contributed by atoms with van der Waals surface area (Å²) in [5, 5.41) is 7.20. The molecule has 1 saturated heterocycles. The molecule has 1 aliphatic rings. The van der Waals surface area contributed by atoms with Crippen molar-refractivity contribution in [2.45, 2.75) is 25.4 Å². The van der Waals surface area contributed by atoms with E-state index in [4.69, 9.17) is 21.1 Å². The number of fused-ring (bicyclic) bond motifs is 1. The number of ether oxygens (including phenoxy) is 2. The molecule has 2 heterocycles. The average Bonchev–Trinajstić information content (AvgIpc) is 3.31. The number of nitrogens with zero attached hydrogens (tertiary/aromatic N) is 3. The Morgan fingerprint density at radius 2 is 1.97 bits per heavy atom. The number of rotatable bonds is 7. The highest BCUT2D eigenvalue weighted by Gasteiger charge is 2.38. The highest BCUT2D eigenvalue weighted by atomic mass is 35.5. The number of aromatic nitrogens is 2. The maximum Gasteiger partial charge on any atom is 0.246 e. The molecule has 4 rings (SSSR count). The topological polar surface area (TPSA) is 106 Å². The molecule has 0 aliphatic carbocycles. The first kappa shape index (κ1) is 25.2. The Morgan fingerprint density at radius 3 is 2.64 bits per heavy atom. The average molecular weight is 510 g/mol. The molecule has 1 aliphatic heterocycles. The maximum atomic E-state index is 12.3. The molecule has 2 N–H and O–H groups in total. The van der Waals surface area contributed by atoms with Gasteiger partial charge in [0.05, 0.1) is 24.8 Å². The first-order valence-corrected chi connectivity index (χ1v) is 11.8. The maximum absolute atomic E-state index is 12.3. The Kier molecular flexibility index (Phi) is 7.30. The molecule has 0 bridgehead atoms. The van der Waals surface area contributed by atoms with E-state index >= 15 is 0 Å². The third kappa shape index (κ3) is 4.66. The molecule has 1 fully saturated rings. The summed E-state index contributed by atoms with van der Waals surface area (Å²) in [4.78, 5) is 35.1. The lowest BCUT2D eigenvalue weighted by Gasteiger charge is -2.21. The minimum atomic E-state index is -0.575. The zero-order chi connectivity index (χ0) is 26.0. The van der Waals surface area contributed by atoms with E-state index in [1.54, 1.807) is 33.5 Å². The fourth-order valence-electron chi connectivity index (χ4n) is 4.56. The minimum Gasteiger partial charge on any atom is -0.496 e. The molecule has 188 valence electrons. The fraction of sp³-hybridized carbons (Fsp3) is 0.308. The Hall–Kier alpha value is -3.85. The minimum absolute atomic E-state index is 0.182. The standard InChI is InChI=1S/C26H28ClN5O4/c1-6-22(33)32-13-17(10-19(32)25(34)28-3)30-26-29-12-16-9-15(7-8-18(16)31-26)23-14(2)20(35-4)11-21(36-5)24(23)27/h6-9,11-12,17,19H,1,10,13H2,2-5H3,(H,28,34)(H,29,30,31)/t17-,19-/m0/s1. The summed E-state index contributed by atoms with van der Waals surface area (Å²) in [5.41, 5.74) is 3.33. The van der Waals surface area contributed by atoms with E-state index in [1.165, 1.54) is 11.0 Å². The van der Waals surface area contributed by atoms with Crippen molar-refractivity contribution in [3.05, 3.63) is 53.7 Å². The number of nitrogens with one attached hydrogen (secondary N) is 2. The zero-order valence-corrected chi connectivity index (χ0v) is 21.3. The highest BCUT2D eigenvalue weighted by molar-refractivity contribution is 6.35. The van der Waals surface area contributed by atoms with Gasteiger partial charge in [0.2, 0.25) is 17.8 Å². The number of carbonyl (C=O) groups is 2. The van der Waals surface area contributed by atoms with E-state index in [9.17, 15) is 9.59 Å². The van der Waals surface area contributed by atoms with Gasteiger partial charge in [-0.25, -0.2) is 9.97 Å².